The number of benzene rings is 1. The number of halogens is 7. The van der Waals surface area contributed by atoms with Gasteiger partial charge >= 0.3 is 6.18 Å². The number of rotatable bonds is 7. The molecule has 0 radical (unpaired) electrons. The monoisotopic (exact) mass is 476 g/mol. The van der Waals surface area contributed by atoms with E-state index >= 15 is 0 Å². The summed E-state index contributed by atoms with van der Waals surface area (Å²) in [7, 11) is 2.62. The number of H-pyrrole nitrogens is 1. The largest absolute Gasteiger partial charge is 0.482 e. The summed E-state index contributed by atoms with van der Waals surface area (Å²) in [6.45, 7) is -0.499. The van der Waals surface area contributed by atoms with Gasteiger partial charge in [0.1, 0.15) is 17.3 Å². The molecular weight excluding hydrogens is 463 g/mol. The van der Waals surface area contributed by atoms with Crippen LogP contribution in [0.3, 0.4) is 0 Å². The van der Waals surface area contributed by atoms with Crippen molar-refractivity contribution in [3.05, 3.63) is 39.9 Å². The van der Waals surface area contributed by atoms with Gasteiger partial charge in [0.15, 0.2) is 6.61 Å². The lowest BCUT2D eigenvalue weighted by atomic mass is 10.00. The van der Waals surface area contributed by atoms with E-state index in [1.807, 2.05) is 0 Å². The molecule has 1 amide bonds. The number of aromatic amines is 1. The van der Waals surface area contributed by atoms with Crippen molar-refractivity contribution in [1.29, 1.82) is 0 Å². The molecule has 0 atom stereocenters. The van der Waals surface area contributed by atoms with E-state index < -0.39 is 36.1 Å². The van der Waals surface area contributed by atoms with Crippen molar-refractivity contribution in [2.75, 3.05) is 20.8 Å². The van der Waals surface area contributed by atoms with Crippen LogP contribution >= 0.6 is 34.8 Å². The molecule has 29 heavy (non-hydrogen) atoms. The molecule has 0 bridgehead atoms. The number of hydrogen-bond acceptors (Lipinski definition) is 3. The fourth-order valence-electron chi connectivity index (χ4n) is 2.56. The van der Waals surface area contributed by atoms with E-state index in [2.05, 4.69) is 4.98 Å². The fourth-order valence-corrected chi connectivity index (χ4v) is 3.23. The van der Waals surface area contributed by atoms with Crippen LogP contribution in [-0.4, -0.2) is 36.7 Å². The Labute approximate surface area is 178 Å². The molecule has 1 N–H and O–H groups in total. The Morgan fingerprint density at radius 1 is 1.24 bits per heavy atom. The van der Waals surface area contributed by atoms with Crippen molar-refractivity contribution < 1.29 is 31.9 Å². The molecule has 0 spiro atoms. The van der Waals surface area contributed by atoms with Gasteiger partial charge in [-0.05, 0) is 12.1 Å². The quantitative estimate of drug-likeness (QED) is 0.331. The number of amides is 1. The van der Waals surface area contributed by atoms with Crippen molar-refractivity contribution in [2.24, 2.45) is 0 Å². The summed E-state index contributed by atoms with van der Waals surface area (Å²) in [4.78, 5) is 18.7. The standard InChI is InChI=1S/C17H15Cl3F4N2O3/c1-26(28-2)14(27)7-29-13-3-8(11(21)4-10(13)20)15-9(5-18)16(17(22,23)24)25-12(15)6-19/h3-4,25H,5-7H2,1-2H3. The van der Waals surface area contributed by atoms with Crippen LogP contribution in [0.2, 0.25) is 5.02 Å². The minimum Gasteiger partial charge on any atom is -0.482 e. The number of nitrogens with zero attached hydrogens (tertiary/aromatic N) is 1. The lowest BCUT2D eigenvalue weighted by molar-refractivity contribution is -0.170. The lowest BCUT2D eigenvalue weighted by Crippen LogP contribution is -2.30. The fraction of sp³-hybridized carbons (Fsp3) is 0.353. The van der Waals surface area contributed by atoms with Gasteiger partial charge < -0.3 is 9.72 Å². The van der Waals surface area contributed by atoms with Crippen LogP contribution < -0.4 is 4.74 Å². The maximum atomic E-state index is 14.6. The summed E-state index contributed by atoms with van der Waals surface area (Å²) in [5.41, 5.74) is -1.95. The normalized spacial score (nSPS) is 11.6. The predicted octanol–water partition coefficient (Wildman–Crippen LogP) is 5.37. The summed E-state index contributed by atoms with van der Waals surface area (Å²) in [5.74, 6) is -2.50. The Bertz CT molecular complexity index is 903. The van der Waals surface area contributed by atoms with Gasteiger partial charge in [-0.1, -0.05) is 11.6 Å². The van der Waals surface area contributed by atoms with Crippen molar-refractivity contribution in [3.8, 4) is 16.9 Å². The van der Waals surface area contributed by atoms with E-state index in [0.29, 0.717) is 0 Å². The number of carbonyl (C=O) groups is 1. The Hall–Kier alpha value is -1.68. The van der Waals surface area contributed by atoms with E-state index in [9.17, 15) is 22.4 Å². The molecular formula is C17H15Cl3F4N2O3. The van der Waals surface area contributed by atoms with Gasteiger partial charge in [-0.2, -0.15) is 13.2 Å². The smallest absolute Gasteiger partial charge is 0.431 e. The first-order valence-electron chi connectivity index (χ1n) is 7.90. The third kappa shape index (κ3) is 5.09. The molecule has 0 fully saturated rings. The van der Waals surface area contributed by atoms with Crippen molar-refractivity contribution in [1.82, 2.24) is 10.0 Å². The second kappa shape index (κ2) is 9.42. The lowest BCUT2D eigenvalue weighted by Gasteiger charge is -2.16. The third-order valence-corrected chi connectivity index (χ3v) is 4.83. The molecule has 2 rings (SSSR count). The van der Waals surface area contributed by atoms with E-state index in [0.717, 1.165) is 17.2 Å². The summed E-state index contributed by atoms with van der Waals surface area (Å²) in [6.07, 6.45) is -4.75. The first-order valence-corrected chi connectivity index (χ1v) is 9.35. The van der Waals surface area contributed by atoms with Gasteiger partial charge in [0.2, 0.25) is 0 Å². The maximum Gasteiger partial charge on any atom is 0.431 e. The Morgan fingerprint density at radius 2 is 1.90 bits per heavy atom. The van der Waals surface area contributed by atoms with Gasteiger partial charge in [0.25, 0.3) is 5.91 Å². The summed E-state index contributed by atoms with van der Waals surface area (Å²) in [6, 6.07) is 1.96. The number of hydroxylamine groups is 2. The molecule has 1 heterocycles. The second-order valence-corrected chi connectivity index (χ2v) is 6.66. The molecule has 0 unspecified atom stereocenters. The highest BCUT2D eigenvalue weighted by molar-refractivity contribution is 6.32. The molecule has 1 aromatic heterocycles. The van der Waals surface area contributed by atoms with E-state index in [1.165, 1.54) is 14.2 Å². The first kappa shape index (κ1) is 23.6. The van der Waals surface area contributed by atoms with Crippen LogP contribution in [-0.2, 0) is 27.6 Å². The highest BCUT2D eigenvalue weighted by atomic mass is 35.5. The molecule has 0 aliphatic rings. The van der Waals surface area contributed by atoms with Gasteiger partial charge in [-0.15, -0.1) is 23.2 Å². The minimum atomic E-state index is -4.75. The van der Waals surface area contributed by atoms with Gasteiger partial charge in [-0.25, -0.2) is 9.45 Å². The zero-order valence-corrected chi connectivity index (χ0v) is 17.4. The molecule has 5 nitrogen and oxygen atoms in total. The van der Waals surface area contributed by atoms with Crippen molar-refractivity contribution in [3.63, 3.8) is 0 Å². The number of aromatic nitrogens is 1. The second-order valence-electron chi connectivity index (χ2n) is 5.72. The summed E-state index contributed by atoms with van der Waals surface area (Å²) >= 11 is 17.4. The highest BCUT2D eigenvalue weighted by Gasteiger charge is 2.38. The SMILES string of the molecule is CON(C)C(=O)COc1cc(-c2c(CCl)[nH]c(C(F)(F)F)c2CCl)c(F)cc1Cl. The molecule has 0 aliphatic heterocycles. The third-order valence-electron chi connectivity index (χ3n) is 4.00. The number of alkyl halides is 5. The van der Waals surface area contributed by atoms with E-state index in [-0.39, 0.29) is 39.0 Å². The van der Waals surface area contributed by atoms with Gasteiger partial charge in [0, 0.05) is 29.4 Å². The van der Waals surface area contributed by atoms with Crippen molar-refractivity contribution in [2.45, 2.75) is 17.9 Å². The van der Waals surface area contributed by atoms with E-state index in [1.54, 1.807) is 0 Å². The van der Waals surface area contributed by atoms with E-state index in [4.69, 9.17) is 44.4 Å². The number of hydrogen-bond donors (Lipinski definition) is 1. The van der Waals surface area contributed by atoms with Crippen molar-refractivity contribution >= 4 is 40.7 Å². The molecule has 0 saturated carbocycles. The predicted molar refractivity (Wildman–Crippen MR) is 101 cm³/mol. The van der Waals surface area contributed by atoms with Gasteiger partial charge in [-0.3, -0.25) is 9.63 Å². The summed E-state index contributed by atoms with van der Waals surface area (Å²) < 4.78 is 59.9. The van der Waals surface area contributed by atoms with Crippen LogP contribution in [0.15, 0.2) is 12.1 Å². The number of nitrogens with one attached hydrogen (secondary N) is 1. The maximum absolute atomic E-state index is 14.6. The van der Waals surface area contributed by atoms with Crippen LogP contribution in [0.5, 0.6) is 5.75 Å². The van der Waals surface area contributed by atoms with Crippen LogP contribution in [0, 0.1) is 5.82 Å². The number of ether oxygens (including phenoxy) is 1. The Morgan fingerprint density at radius 3 is 2.41 bits per heavy atom. The molecule has 1 aromatic carbocycles. The highest BCUT2D eigenvalue weighted by Crippen LogP contribution is 2.43. The summed E-state index contributed by atoms with van der Waals surface area (Å²) in [5, 5.41) is 0.725. The average molecular weight is 478 g/mol. The van der Waals surface area contributed by atoms with Crippen LogP contribution in [0.1, 0.15) is 17.0 Å². The topological polar surface area (TPSA) is 54.6 Å². The van der Waals surface area contributed by atoms with Gasteiger partial charge in [0.05, 0.1) is 23.9 Å². The Balaban J connectivity index is 2.55. The first-order chi connectivity index (χ1) is 13.5. The molecule has 160 valence electrons. The molecule has 12 heteroatoms. The van der Waals surface area contributed by atoms with Crippen LogP contribution in [0.4, 0.5) is 17.6 Å². The number of carbonyl (C=O) groups excluding carboxylic acids is 1. The number of likely N-dealkylation sites (N-methyl/N-ethyl adjacent to an activating group) is 1. The average Bonchev–Trinajstić information content (AvgIpc) is 3.05. The zero-order chi connectivity index (χ0) is 21.9. The Kier molecular flexibility index (Phi) is 7.67. The molecule has 0 saturated heterocycles. The minimum absolute atomic E-state index is 0.0722. The van der Waals surface area contributed by atoms with Crippen LogP contribution in [0.25, 0.3) is 11.1 Å². The zero-order valence-electron chi connectivity index (χ0n) is 15.1. The molecule has 2 aromatic rings. The molecule has 0 aliphatic carbocycles.